The molecule has 0 radical (unpaired) electrons. The minimum atomic E-state index is -5.03. The van der Waals surface area contributed by atoms with E-state index in [0.29, 0.717) is 22.6 Å². The molecule has 2 heterocycles. The second-order valence-corrected chi connectivity index (χ2v) is 9.20. The fraction of sp³-hybridized carbons (Fsp3) is 0.0323. The zero-order valence-electron chi connectivity index (χ0n) is 21.8. The summed E-state index contributed by atoms with van der Waals surface area (Å²) < 4.78 is 43.7. The number of nitrogens with one attached hydrogen (secondary N) is 2. The second kappa shape index (κ2) is 11.4. The zero-order valence-corrected chi connectivity index (χ0v) is 21.8. The Hall–Kier alpha value is -5.71. The van der Waals surface area contributed by atoms with Gasteiger partial charge in [0.1, 0.15) is 0 Å². The first-order valence-corrected chi connectivity index (χ1v) is 12.5. The van der Waals surface area contributed by atoms with Gasteiger partial charge in [0.25, 0.3) is 0 Å². The van der Waals surface area contributed by atoms with Crippen LogP contribution in [0.3, 0.4) is 0 Å². The van der Waals surface area contributed by atoms with Crippen molar-refractivity contribution in [2.24, 2.45) is 11.5 Å². The van der Waals surface area contributed by atoms with Crippen LogP contribution in [0.1, 0.15) is 26.3 Å². The van der Waals surface area contributed by atoms with Crippen LogP contribution in [-0.2, 0) is 6.18 Å². The molecule has 0 spiro atoms. The highest BCUT2D eigenvalue weighted by Crippen LogP contribution is 2.45. The van der Waals surface area contributed by atoms with E-state index in [2.05, 4.69) is 20.6 Å². The molecule has 3 aromatic carbocycles. The van der Waals surface area contributed by atoms with Crippen molar-refractivity contribution in [3.05, 3.63) is 120 Å². The molecular formula is C31H23F3N6O2. The normalized spacial score (nSPS) is 11.1. The van der Waals surface area contributed by atoms with Gasteiger partial charge in [-0.25, -0.2) is 0 Å². The van der Waals surface area contributed by atoms with Crippen LogP contribution in [0.15, 0.2) is 104 Å². The summed E-state index contributed by atoms with van der Waals surface area (Å²) in [6.45, 7) is 0. The van der Waals surface area contributed by atoms with Gasteiger partial charge in [0.15, 0.2) is 0 Å². The molecule has 0 aliphatic carbocycles. The summed E-state index contributed by atoms with van der Waals surface area (Å²) in [5.41, 5.74) is 11.3. The van der Waals surface area contributed by atoms with E-state index in [0.717, 1.165) is 11.8 Å². The Kier molecular flexibility index (Phi) is 7.57. The monoisotopic (exact) mass is 568 g/mol. The Bertz CT molecular complexity index is 1740. The minimum Gasteiger partial charge on any atom is -0.366 e. The third-order valence-electron chi connectivity index (χ3n) is 6.43. The number of nitrogens with zero attached hydrogens (tertiary/aromatic N) is 2. The van der Waals surface area contributed by atoms with Crippen LogP contribution in [0.5, 0.6) is 0 Å². The Morgan fingerprint density at radius 1 is 0.619 bits per heavy atom. The van der Waals surface area contributed by atoms with Crippen LogP contribution in [0.25, 0.3) is 22.3 Å². The van der Waals surface area contributed by atoms with Gasteiger partial charge in [-0.2, -0.15) is 13.2 Å². The number of pyridine rings is 2. The summed E-state index contributed by atoms with van der Waals surface area (Å²) >= 11 is 0. The molecule has 210 valence electrons. The molecule has 8 nitrogen and oxygen atoms in total. The van der Waals surface area contributed by atoms with Crippen LogP contribution < -0.4 is 22.1 Å². The lowest BCUT2D eigenvalue weighted by Crippen LogP contribution is -2.24. The molecule has 2 aromatic heterocycles. The third kappa shape index (κ3) is 5.89. The van der Waals surface area contributed by atoms with E-state index in [1.807, 2.05) is 0 Å². The highest BCUT2D eigenvalue weighted by atomic mass is 19.4. The Morgan fingerprint density at radius 2 is 1.05 bits per heavy atom. The third-order valence-corrected chi connectivity index (χ3v) is 6.43. The molecule has 0 unspecified atom stereocenters. The van der Waals surface area contributed by atoms with Crippen LogP contribution >= 0.6 is 0 Å². The second-order valence-electron chi connectivity index (χ2n) is 9.20. The molecule has 42 heavy (non-hydrogen) atoms. The minimum absolute atomic E-state index is 0.0247. The van der Waals surface area contributed by atoms with Crippen LogP contribution in [0.4, 0.5) is 35.9 Å². The van der Waals surface area contributed by atoms with Gasteiger partial charge in [-0.15, -0.1) is 0 Å². The predicted octanol–water partition coefficient (Wildman–Crippen LogP) is 6.51. The fourth-order valence-electron chi connectivity index (χ4n) is 4.60. The number of rotatable bonds is 8. The number of alkyl halides is 3. The number of carbonyl (C=O) groups excluding carboxylic acids is 2. The molecule has 5 rings (SSSR count). The van der Waals surface area contributed by atoms with E-state index >= 15 is 0 Å². The number of amides is 2. The van der Waals surface area contributed by atoms with Crippen molar-refractivity contribution >= 4 is 34.6 Å². The summed E-state index contributed by atoms with van der Waals surface area (Å²) in [5.74, 6) is -2.40. The van der Waals surface area contributed by atoms with Crippen molar-refractivity contribution in [3.63, 3.8) is 0 Å². The Morgan fingerprint density at radius 3 is 1.45 bits per heavy atom. The van der Waals surface area contributed by atoms with Crippen LogP contribution in [0, 0.1) is 0 Å². The van der Waals surface area contributed by atoms with Gasteiger partial charge in [-0.05, 0) is 71.3 Å². The van der Waals surface area contributed by atoms with E-state index in [1.165, 1.54) is 12.1 Å². The number of carbonyl (C=O) groups is 2. The quantitative estimate of drug-likeness (QED) is 0.168. The largest absolute Gasteiger partial charge is 0.417 e. The SMILES string of the molecule is NC(=O)c1cc(-c2ccc(Nc3ccncc3)cc2)c(C(N)=O)c(-c2ccc(Nc3ccncc3)cc2)c1C(F)(F)F. The molecule has 2 amide bonds. The number of anilines is 4. The van der Waals surface area contributed by atoms with Gasteiger partial charge in [-0.3, -0.25) is 19.6 Å². The first-order chi connectivity index (χ1) is 20.1. The van der Waals surface area contributed by atoms with Gasteiger partial charge in [-0.1, -0.05) is 24.3 Å². The summed E-state index contributed by atoms with van der Waals surface area (Å²) in [7, 11) is 0. The average molecular weight is 569 g/mol. The van der Waals surface area contributed by atoms with Crippen molar-refractivity contribution < 1.29 is 22.8 Å². The molecule has 0 saturated heterocycles. The molecule has 0 aliphatic heterocycles. The lowest BCUT2D eigenvalue weighted by molar-refractivity contribution is -0.137. The standard InChI is InChI=1S/C31H23F3N6O2/c32-31(33,34)28-25(29(35)41)17-24(18-1-5-20(6-2-18)39-22-9-13-37-14-10-22)27(30(36)42)26(28)19-3-7-21(8-4-19)40-23-11-15-38-16-12-23/h1-17H,(H2,35,41)(H2,36,42)(H,37,39)(H,38,40). The summed E-state index contributed by atoms with van der Waals surface area (Å²) in [6.07, 6.45) is 1.38. The molecule has 6 N–H and O–H groups in total. The highest BCUT2D eigenvalue weighted by molar-refractivity contribution is 6.10. The van der Waals surface area contributed by atoms with Gasteiger partial charge >= 0.3 is 6.18 Å². The molecule has 0 fully saturated rings. The highest BCUT2D eigenvalue weighted by Gasteiger charge is 2.41. The molecule has 5 aromatic rings. The van der Waals surface area contributed by atoms with Crippen molar-refractivity contribution in [1.82, 2.24) is 9.97 Å². The van der Waals surface area contributed by atoms with Gasteiger partial charge in [0.05, 0.1) is 16.7 Å². The van der Waals surface area contributed by atoms with Gasteiger partial charge < -0.3 is 22.1 Å². The first kappa shape index (κ1) is 27.8. The Labute approximate surface area is 238 Å². The zero-order chi connectivity index (χ0) is 29.9. The topological polar surface area (TPSA) is 136 Å². The number of primary amides is 2. The fourth-order valence-corrected chi connectivity index (χ4v) is 4.60. The van der Waals surface area contributed by atoms with Crippen molar-refractivity contribution in [1.29, 1.82) is 0 Å². The van der Waals surface area contributed by atoms with Crippen molar-refractivity contribution in [2.75, 3.05) is 10.6 Å². The maximum atomic E-state index is 14.6. The molecule has 11 heteroatoms. The lowest BCUT2D eigenvalue weighted by Gasteiger charge is -2.22. The van der Waals surface area contributed by atoms with E-state index in [9.17, 15) is 22.8 Å². The Balaban J connectivity index is 1.66. The first-order valence-electron chi connectivity index (χ1n) is 12.5. The average Bonchev–Trinajstić information content (AvgIpc) is 2.97. The van der Waals surface area contributed by atoms with E-state index in [4.69, 9.17) is 11.5 Å². The predicted molar refractivity (Wildman–Crippen MR) is 154 cm³/mol. The van der Waals surface area contributed by atoms with E-state index < -0.39 is 40.2 Å². The lowest BCUT2D eigenvalue weighted by atomic mass is 9.84. The van der Waals surface area contributed by atoms with Crippen molar-refractivity contribution in [3.8, 4) is 22.3 Å². The number of aromatic nitrogens is 2. The van der Waals surface area contributed by atoms with E-state index in [-0.39, 0.29) is 11.1 Å². The molecule has 0 aliphatic rings. The number of nitrogens with two attached hydrogens (primary N) is 2. The van der Waals surface area contributed by atoms with Gasteiger partial charge in [0, 0.05) is 53.1 Å². The van der Waals surface area contributed by atoms with E-state index in [1.54, 1.807) is 85.5 Å². The number of hydrogen-bond acceptors (Lipinski definition) is 6. The maximum Gasteiger partial charge on any atom is 0.417 e. The maximum absolute atomic E-state index is 14.6. The summed E-state index contributed by atoms with van der Waals surface area (Å²) in [6, 6.07) is 20.5. The number of benzene rings is 3. The van der Waals surface area contributed by atoms with Crippen molar-refractivity contribution in [2.45, 2.75) is 6.18 Å². The number of halogens is 3. The molecule has 0 bridgehead atoms. The molecular weight excluding hydrogens is 545 g/mol. The van der Waals surface area contributed by atoms with Gasteiger partial charge in [0.2, 0.25) is 11.8 Å². The molecule has 0 saturated carbocycles. The summed E-state index contributed by atoms with van der Waals surface area (Å²) in [4.78, 5) is 33.2. The number of hydrogen-bond donors (Lipinski definition) is 4. The van der Waals surface area contributed by atoms with Crippen LogP contribution in [0.2, 0.25) is 0 Å². The smallest absolute Gasteiger partial charge is 0.366 e. The summed E-state index contributed by atoms with van der Waals surface area (Å²) in [5, 5.41) is 6.29. The molecule has 0 atom stereocenters. The van der Waals surface area contributed by atoms with Crippen LogP contribution in [-0.4, -0.2) is 21.8 Å².